The molecular weight excluding hydrogens is 260 g/mol. The van der Waals surface area contributed by atoms with E-state index in [4.69, 9.17) is 16.9 Å². The molecule has 0 amide bonds. The van der Waals surface area contributed by atoms with Crippen LogP contribution in [0.4, 0.5) is 14.6 Å². The largest absolute Gasteiger partial charge is 0.382 e. The van der Waals surface area contributed by atoms with E-state index in [1.54, 1.807) is 0 Å². The van der Waals surface area contributed by atoms with Gasteiger partial charge in [0.05, 0.1) is 0 Å². The van der Waals surface area contributed by atoms with Gasteiger partial charge in [0.1, 0.15) is 6.07 Å². The number of carbonyl (C=O) groups is 1. The summed E-state index contributed by atoms with van der Waals surface area (Å²) in [5, 5.41) is 17.9. The summed E-state index contributed by atoms with van der Waals surface area (Å²) in [7, 11) is 0. The third-order valence-electron chi connectivity index (χ3n) is 1.75. The molecule has 1 aromatic heterocycles. The number of alkyl halides is 2. The zero-order valence-electron chi connectivity index (χ0n) is 7.85. The standard InChI is InChI=1S/C8H2ClF2N3O3/c9-6(15)5-1-3(7(10)11)4(2-12)8(13-5)14(16)17/h1,7H. The minimum atomic E-state index is -3.15. The molecule has 6 nitrogen and oxygen atoms in total. The molecule has 0 aliphatic carbocycles. The minimum absolute atomic E-state index is 0.561. The van der Waals surface area contributed by atoms with Gasteiger partial charge in [-0.1, -0.05) is 0 Å². The third-order valence-corrected chi connectivity index (χ3v) is 1.95. The molecule has 1 aromatic rings. The summed E-state index contributed by atoms with van der Waals surface area (Å²) < 4.78 is 25.1. The van der Waals surface area contributed by atoms with Crippen LogP contribution in [0.5, 0.6) is 0 Å². The van der Waals surface area contributed by atoms with E-state index < -0.39 is 39.2 Å². The van der Waals surface area contributed by atoms with Crippen molar-refractivity contribution in [3.63, 3.8) is 0 Å². The molecule has 0 unspecified atom stereocenters. The van der Waals surface area contributed by atoms with Crippen molar-refractivity contribution in [2.45, 2.75) is 6.43 Å². The predicted molar refractivity (Wildman–Crippen MR) is 50.7 cm³/mol. The summed E-state index contributed by atoms with van der Waals surface area (Å²) in [5.41, 5.74) is -2.53. The van der Waals surface area contributed by atoms with Gasteiger partial charge in [0, 0.05) is 11.6 Å². The zero-order chi connectivity index (χ0) is 13.2. The van der Waals surface area contributed by atoms with Crippen LogP contribution in [0.15, 0.2) is 6.07 Å². The average molecular weight is 262 g/mol. The lowest BCUT2D eigenvalue weighted by atomic mass is 10.1. The molecule has 17 heavy (non-hydrogen) atoms. The second-order valence-corrected chi connectivity index (χ2v) is 3.08. The van der Waals surface area contributed by atoms with Crippen LogP contribution in [-0.4, -0.2) is 15.1 Å². The van der Waals surface area contributed by atoms with Crippen LogP contribution >= 0.6 is 11.6 Å². The first-order chi connectivity index (χ1) is 7.88. The molecule has 0 aliphatic heterocycles. The Morgan fingerprint density at radius 1 is 1.65 bits per heavy atom. The van der Waals surface area contributed by atoms with E-state index >= 15 is 0 Å². The third kappa shape index (κ3) is 2.51. The highest BCUT2D eigenvalue weighted by molar-refractivity contribution is 6.67. The fraction of sp³-hybridized carbons (Fsp3) is 0.125. The molecule has 88 valence electrons. The van der Waals surface area contributed by atoms with Crippen molar-refractivity contribution in [1.82, 2.24) is 4.98 Å². The SMILES string of the molecule is N#Cc1c(C(F)F)cc(C(=O)Cl)nc1[N+](=O)[O-]. The molecule has 0 atom stereocenters. The predicted octanol–water partition coefficient (Wildman–Crippen LogP) is 2.18. The molecule has 0 saturated carbocycles. The highest BCUT2D eigenvalue weighted by Gasteiger charge is 2.28. The normalized spacial score (nSPS) is 10.1. The highest BCUT2D eigenvalue weighted by Crippen LogP contribution is 2.29. The maximum absolute atomic E-state index is 12.5. The summed E-state index contributed by atoms with van der Waals surface area (Å²) in [6.45, 7) is 0. The number of nitriles is 1. The molecule has 1 rings (SSSR count). The molecular formula is C8H2ClF2N3O3. The van der Waals surface area contributed by atoms with Gasteiger partial charge in [0.15, 0.2) is 5.56 Å². The van der Waals surface area contributed by atoms with E-state index in [1.165, 1.54) is 6.07 Å². The van der Waals surface area contributed by atoms with E-state index in [2.05, 4.69) is 4.98 Å². The lowest BCUT2D eigenvalue weighted by Gasteiger charge is -2.03. The lowest BCUT2D eigenvalue weighted by molar-refractivity contribution is -0.389. The zero-order valence-corrected chi connectivity index (χ0v) is 8.61. The van der Waals surface area contributed by atoms with Crippen LogP contribution in [0.1, 0.15) is 28.0 Å². The van der Waals surface area contributed by atoms with E-state index in [9.17, 15) is 23.7 Å². The Labute approximate surface area is 97.6 Å². The number of halogens is 3. The molecule has 9 heteroatoms. The van der Waals surface area contributed by atoms with E-state index in [0.717, 1.165) is 0 Å². The topological polar surface area (TPSA) is 96.9 Å². The molecule has 0 aromatic carbocycles. The Morgan fingerprint density at radius 2 is 2.24 bits per heavy atom. The molecule has 0 spiro atoms. The fourth-order valence-electron chi connectivity index (χ4n) is 1.07. The van der Waals surface area contributed by atoms with E-state index in [1.807, 2.05) is 0 Å². The first kappa shape index (κ1) is 12.9. The van der Waals surface area contributed by atoms with Crippen molar-refractivity contribution in [1.29, 1.82) is 5.26 Å². The van der Waals surface area contributed by atoms with Crippen LogP contribution < -0.4 is 0 Å². The van der Waals surface area contributed by atoms with Crippen molar-refractivity contribution in [3.05, 3.63) is 33.0 Å². The molecule has 0 saturated heterocycles. The second-order valence-electron chi connectivity index (χ2n) is 2.74. The van der Waals surface area contributed by atoms with Crippen LogP contribution in [0, 0.1) is 21.4 Å². The van der Waals surface area contributed by atoms with Gasteiger partial charge in [0.2, 0.25) is 5.69 Å². The molecule has 0 N–H and O–H groups in total. The first-order valence-corrected chi connectivity index (χ1v) is 4.33. The second kappa shape index (κ2) is 4.80. The molecule has 1 heterocycles. The molecule has 0 radical (unpaired) electrons. The molecule has 0 bridgehead atoms. The van der Waals surface area contributed by atoms with Crippen LogP contribution in [0.3, 0.4) is 0 Å². The minimum Gasteiger partial charge on any atom is -0.358 e. The van der Waals surface area contributed by atoms with E-state index in [-0.39, 0.29) is 0 Å². The van der Waals surface area contributed by atoms with Crippen molar-refractivity contribution >= 4 is 22.7 Å². The van der Waals surface area contributed by atoms with Crippen LogP contribution in [-0.2, 0) is 0 Å². The summed E-state index contributed by atoms with van der Waals surface area (Å²) in [4.78, 5) is 23.3. The van der Waals surface area contributed by atoms with Gasteiger partial charge in [0.25, 0.3) is 11.7 Å². The van der Waals surface area contributed by atoms with Gasteiger partial charge in [-0.15, -0.1) is 0 Å². The Kier molecular flexibility index (Phi) is 3.65. The maximum Gasteiger partial charge on any atom is 0.382 e. The maximum atomic E-state index is 12.5. The van der Waals surface area contributed by atoms with Gasteiger partial charge in [-0.2, -0.15) is 5.26 Å². The summed E-state index contributed by atoms with van der Waals surface area (Å²) in [6.07, 6.45) is -3.15. The van der Waals surface area contributed by atoms with Gasteiger partial charge < -0.3 is 10.1 Å². The van der Waals surface area contributed by atoms with Crippen LogP contribution in [0.2, 0.25) is 0 Å². The lowest BCUT2D eigenvalue weighted by Crippen LogP contribution is -2.06. The van der Waals surface area contributed by atoms with Crippen molar-refractivity contribution in [2.24, 2.45) is 0 Å². The number of nitro groups is 1. The Morgan fingerprint density at radius 3 is 2.59 bits per heavy atom. The highest BCUT2D eigenvalue weighted by atomic mass is 35.5. The Bertz CT molecular complexity index is 542. The quantitative estimate of drug-likeness (QED) is 0.472. The summed E-state index contributed by atoms with van der Waals surface area (Å²) >= 11 is 5.00. The summed E-state index contributed by atoms with van der Waals surface area (Å²) in [6, 6.07) is 1.82. The number of hydrogen-bond donors (Lipinski definition) is 0. The van der Waals surface area contributed by atoms with Crippen LogP contribution in [0.25, 0.3) is 0 Å². The average Bonchev–Trinajstić information content (AvgIpc) is 2.26. The summed E-state index contributed by atoms with van der Waals surface area (Å²) in [5.74, 6) is -1.12. The van der Waals surface area contributed by atoms with Gasteiger partial charge in [-0.25, -0.2) is 8.78 Å². The fourth-order valence-corrected chi connectivity index (χ4v) is 1.17. The van der Waals surface area contributed by atoms with Crippen molar-refractivity contribution in [2.75, 3.05) is 0 Å². The van der Waals surface area contributed by atoms with E-state index in [0.29, 0.717) is 6.07 Å². The molecule has 0 aliphatic rings. The number of nitrogens with zero attached hydrogens (tertiary/aromatic N) is 3. The monoisotopic (exact) mass is 261 g/mol. The Hall–Kier alpha value is -2.14. The molecule has 0 fully saturated rings. The number of carbonyl (C=O) groups excluding carboxylic acids is 1. The number of aromatic nitrogens is 1. The Balaban J connectivity index is 3.64. The smallest absolute Gasteiger partial charge is 0.358 e. The van der Waals surface area contributed by atoms with Gasteiger partial charge in [-0.05, 0) is 21.5 Å². The van der Waals surface area contributed by atoms with Gasteiger partial charge >= 0.3 is 5.82 Å². The number of rotatable bonds is 3. The van der Waals surface area contributed by atoms with Gasteiger partial charge in [-0.3, -0.25) is 4.79 Å². The first-order valence-electron chi connectivity index (χ1n) is 3.96. The number of pyridine rings is 1. The van der Waals surface area contributed by atoms with Crippen molar-refractivity contribution in [3.8, 4) is 6.07 Å². The van der Waals surface area contributed by atoms with Crippen molar-refractivity contribution < 1.29 is 18.5 Å². The number of hydrogen-bond acceptors (Lipinski definition) is 5.